The maximum Gasteiger partial charge on any atom is 0.269 e. The van der Waals surface area contributed by atoms with Crippen LogP contribution in [0.15, 0.2) is 41.9 Å². The lowest BCUT2D eigenvalue weighted by Crippen LogP contribution is -2.64. The van der Waals surface area contributed by atoms with Gasteiger partial charge in [-0.2, -0.15) is 0 Å². The molecule has 0 bridgehead atoms. The molecule has 4 heterocycles. The monoisotopic (exact) mass is 444 g/mol. The average molecular weight is 445 g/mol. The van der Waals surface area contributed by atoms with Crippen molar-refractivity contribution in [2.45, 2.75) is 44.8 Å². The van der Waals surface area contributed by atoms with Crippen LogP contribution in [-0.2, 0) is 11.3 Å². The molecule has 0 spiro atoms. The van der Waals surface area contributed by atoms with Gasteiger partial charge in [0.15, 0.2) is 5.94 Å². The summed E-state index contributed by atoms with van der Waals surface area (Å²) in [5.41, 5.74) is 5.82. The molecule has 1 aliphatic carbocycles. The highest BCUT2D eigenvalue weighted by Crippen LogP contribution is 2.37. The van der Waals surface area contributed by atoms with Crippen LogP contribution in [0.2, 0.25) is 0 Å². The zero-order chi connectivity index (χ0) is 22.9. The van der Waals surface area contributed by atoms with E-state index >= 15 is 0 Å². The van der Waals surface area contributed by atoms with E-state index in [0.717, 1.165) is 60.7 Å². The first-order chi connectivity index (χ1) is 16.1. The van der Waals surface area contributed by atoms with Crippen molar-refractivity contribution >= 4 is 29.3 Å². The molecule has 2 fully saturated rings. The lowest BCUT2D eigenvalue weighted by molar-refractivity contribution is 0.0658. The van der Waals surface area contributed by atoms with Gasteiger partial charge in [-0.15, -0.1) is 0 Å². The van der Waals surface area contributed by atoms with Crippen LogP contribution in [0.25, 0.3) is 6.08 Å². The Morgan fingerprint density at radius 2 is 2.06 bits per heavy atom. The van der Waals surface area contributed by atoms with Crippen molar-refractivity contribution in [3.8, 4) is 0 Å². The van der Waals surface area contributed by atoms with Crippen LogP contribution < -0.4 is 15.5 Å². The van der Waals surface area contributed by atoms with E-state index in [-0.39, 0.29) is 5.91 Å². The molecule has 8 heteroatoms. The molecular formula is C25H28N6O2. The number of allylic oxidation sites excluding steroid dienone is 1. The fourth-order valence-corrected chi connectivity index (χ4v) is 5.03. The minimum atomic E-state index is -0.168. The topological polar surface area (TPSA) is 90.5 Å². The molecule has 2 atom stereocenters. The average Bonchev–Trinajstić information content (AvgIpc) is 2.83. The first-order valence-corrected chi connectivity index (χ1v) is 11.5. The predicted molar refractivity (Wildman–Crippen MR) is 128 cm³/mol. The van der Waals surface area contributed by atoms with E-state index in [0.29, 0.717) is 23.5 Å². The molecule has 170 valence electrons. The van der Waals surface area contributed by atoms with E-state index in [2.05, 4.69) is 36.5 Å². The summed E-state index contributed by atoms with van der Waals surface area (Å²) in [6.45, 7) is 4.71. The number of nitrogens with zero attached hydrogens (tertiary/aromatic N) is 4. The van der Waals surface area contributed by atoms with E-state index < -0.39 is 0 Å². The first kappa shape index (κ1) is 21.4. The number of anilines is 2. The van der Waals surface area contributed by atoms with Gasteiger partial charge in [-0.1, -0.05) is 6.92 Å². The van der Waals surface area contributed by atoms with Gasteiger partial charge in [0.1, 0.15) is 11.4 Å². The molecule has 0 unspecified atom stereocenters. The van der Waals surface area contributed by atoms with Gasteiger partial charge in [0, 0.05) is 45.0 Å². The number of rotatable bonds is 5. The highest BCUT2D eigenvalue weighted by molar-refractivity contribution is 5.92. The maximum absolute atomic E-state index is 11.8. The van der Waals surface area contributed by atoms with Gasteiger partial charge in [-0.25, -0.2) is 9.78 Å². The number of amides is 1. The number of nitrogens with one attached hydrogen (secondary N) is 2. The standard InChI is InChI=1S/C25H28N6O2/c1-3-17-11-20-21(29-22(17)15-32)10-16(12-27-20)14-30-8-9-31(24-7-6-23(24)30)18-4-5-19(28-13-18)25(33)26-2/h4-5,10-13,23-24,29H,3,6-9,14H2,1-2H3,(H,26,33)/t23-,24-/m0/s1. The number of hydrogen-bond acceptors (Lipinski definition) is 7. The van der Waals surface area contributed by atoms with Gasteiger partial charge >= 0.3 is 0 Å². The van der Waals surface area contributed by atoms with Crippen LogP contribution in [0.3, 0.4) is 0 Å². The predicted octanol–water partition coefficient (Wildman–Crippen LogP) is 2.62. The lowest BCUT2D eigenvalue weighted by atomic mass is 9.81. The Labute approximate surface area is 193 Å². The van der Waals surface area contributed by atoms with Gasteiger partial charge in [0.25, 0.3) is 5.91 Å². The second-order valence-corrected chi connectivity index (χ2v) is 8.76. The quantitative estimate of drug-likeness (QED) is 0.685. The second-order valence-electron chi connectivity index (χ2n) is 8.76. The number of pyridine rings is 2. The Balaban J connectivity index is 1.28. The van der Waals surface area contributed by atoms with Crippen LogP contribution in [0, 0.1) is 0 Å². The van der Waals surface area contributed by atoms with Crippen LogP contribution in [0.5, 0.6) is 0 Å². The van der Waals surface area contributed by atoms with Crippen LogP contribution in [0.4, 0.5) is 11.4 Å². The van der Waals surface area contributed by atoms with E-state index in [9.17, 15) is 9.59 Å². The Bertz CT molecular complexity index is 1150. The third-order valence-electron chi connectivity index (χ3n) is 6.97. The largest absolute Gasteiger partial charge is 0.364 e. The zero-order valence-electron chi connectivity index (χ0n) is 19.0. The fourth-order valence-electron chi connectivity index (χ4n) is 5.03. The molecule has 1 amide bonds. The second kappa shape index (κ2) is 8.81. The maximum atomic E-state index is 11.8. The van der Waals surface area contributed by atoms with E-state index in [4.69, 9.17) is 0 Å². The highest BCUT2D eigenvalue weighted by atomic mass is 16.1. The molecule has 5 rings (SSSR count). The summed E-state index contributed by atoms with van der Waals surface area (Å²) < 4.78 is 0. The minimum Gasteiger partial charge on any atom is -0.364 e. The smallest absolute Gasteiger partial charge is 0.269 e. The van der Waals surface area contributed by atoms with Crippen LogP contribution in [-0.4, -0.2) is 58.9 Å². The summed E-state index contributed by atoms with van der Waals surface area (Å²) in [5, 5.41) is 5.82. The Kier molecular flexibility index (Phi) is 5.70. The van der Waals surface area contributed by atoms with Crippen molar-refractivity contribution < 1.29 is 9.59 Å². The summed E-state index contributed by atoms with van der Waals surface area (Å²) in [6, 6.07) is 6.83. The molecule has 2 aromatic rings. The van der Waals surface area contributed by atoms with E-state index in [1.807, 2.05) is 37.4 Å². The normalized spacial score (nSPS) is 21.7. The van der Waals surface area contributed by atoms with E-state index in [1.165, 1.54) is 6.42 Å². The first-order valence-electron chi connectivity index (χ1n) is 11.5. The van der Waals surface area contributed by atoms with Gasteiger partial charge in [0.2, 0.25) is 0 Å². The number of carbonyl (C=O) groups is 1. The lowest BCUT2D eigenvalue weighted by Gasteiger charge is -2.54. The van der Waals surface area contributed by atoms with Gasteiger partial charge in [-0.05, 0) is 54.7 Å². The number of piperazine rings is 1. The molecule has 1 saturated carbocycles. The van der Waals surface area contributed by atoms with Gasteiger partial charge < -0.3 is 15.5 Å². The summed E-state index contributed by atoms with van der Waals surface area (Å²) in [4.78, 5) is 37.0. The molecule has 3 aliphatic rings. The van der Waals surface area contributed by atoms with Gasteiger partial charge in [0.05, 0.1) is 23.3 Å². The Morgan fingerprint density at radius 3 is 2.73 bits per heavy atom. The number of fused-ring (bicyclic) bond motifs is 2. The number of hydrogen-bond donors (Lipinski definition) is 2. The summed E-state index contributed by atoms with van der Waals surface area (Å²) >= 11 is 0. The van der Waals surface area contributed by atoms with Crippen molar-refractivity contribution in [1.82, 2.24) is 20.2 Å². The number of carbonyl (C=O) groups excluding carboxylic acids is 2. The third-order valence-corrected chi connectivity index (χ3v) is 6.97. The van der Waals surface area contributed by atoms with Crippen molar-refractivity contribution in [3.63, 3.8) is 0 Å². The van der Waals surface area contributed by atoms with Crippen LogP contribution >= 0.6 is 0 Å². The summed E-state index contributed by atoms with van der Waals surface area (Å²) in [5.74, 6) is 1.85. The van der Waals surface area contributed by atoms with Crippen molar-refractivity contribution in [2.75, 3.05) is 30.4 Å². The molecule has 2 N–H and O–H groups in total. The van der Waals surface area contributed by atoms with Crippen molar-refractivity contribution in [1.29, 1.82) is 0 Å². The summed E-state index contributed by atoms with van der Waals surface area (Å²) in [7, 11) is 1.61. The minimum absolute atomic E-state index is 0.168. The van der Waals surface area contributed by atoms with Crippen molar-refractivity contribution in [2.24, 2.45) is 0 Å². The molecule has 1 saturated heterocycles. The highest BCUT2D eigenvalue weighted by Gasteiger charge is 2.43. The van der Waals surface area contributed by atoms with E-state index in [1.54, 1.807) is 13.1 Å². The molecule has 33 heavy (non-hydrogen) atoms. The van der Waals surface area contributed by atoms with Crippen molar-refractivity contribution in [3.05, 3.63) is 58.8 Å². The van der Waals surface area contributed by atoms with Gasteiger partial charge in [-0.3, -0.25) is 14.7 Å². The zero-order valence-corrected chi connectivity index (χ0v) is 19.0. The Hall–Kier alpha value is -3.48. The molecule has 0 aromatic carbocycles. The molecule has 8 nitrogen and oxygen atoms in total. The third kappa shape index (κ3) is 3.92. The fraction of sp³-hybridized carbons (Fsp3) is 0.400. The van der Waals surface area contributed by atoms with Crippen LogP contribution in [0.1, 0.15) is 47.9 Å². The Morgan fingerprint density at radius 1 is 1.21 bits per heavy atom. The molecule has 2 aliphatic heterocycles. The number of aromatic nitrogens is 2. The molecular weight excluding hydrogens is 416 g/mol. The molecule has 2 aromatic heterocycles. The SMILES string of the molecule is CCC1=Cc2ncc(CN3CCN(c4ccc(C(=O)NC)nc4)[C@H]4CC[C@@H]43)cc2NC1=C=O. The summed E-state index contributed by atoms with van der Waals surface area (Å²) in [6.07, 6.45) is 8.81. The molecule has 0 radical (unpaired) electrons.